The van der Waals surface area contributed by atoms with Crippen molar-refractivity contribution in [3.8, 4) is 0 Å². The molecule has 1 aromatic heterocycles. The summed E-state index contributed by atoms with van der Waals surface area (Å²) in [5, 5.41) is 10.7. The minimum absolute atomic E-state index is 0.363. The number of β-amino-alcohol motifs (C(OH)–C–C–N with tert-alkyl or cyclic N) is 1. The normalized spacial score (nSPS) is 25.5. The first kappa shape index (κ1) is 17.1. The number of ether oxygens (including phenoxy) is 2. The summed E-state index contributed by atoms with van der Waals surface area (Å²) in [5.41, 5.74) is -0.883. The van der Waals surface area contributed by atoms with Gasteiger partial charge in [0.2, 0.25) is 0 Å². The van der Waals surface area contributed by atoms with Gasteiger partial charge in [0.25, 0.3) is 0 Å². The molecule has 7 heteroatoms. The zero-order valence-corrected chi connectivity index (χ0v) is 14.7. The smallest absolute Gasteiger partial charge is 0.132 e. The molecule has 2 aliphatic heterocycles. The van der Waals surface area contributed by atoms with Crippen LogP contribution in [0.1, 0.15) is 25.7 Å². The Morgan fingerprint density at radius 1 is 1.12 bits per heavy atom. The molecule has 1 saturated carbocycles. The molecule has 0 aromatic carbocycles. The first-order valence-electron chi connectivity index (χ1n) is 9.38. The second kappa shape index (κ2) is 7.53. The molecule has 4 rings (SSSR count). The fourth-order valence-corrected chi connectivity index (χ4v) is 4.01. The van der Waals surface area contributed by atoms with E-state index in [0.717, 1.165) is 31.7 Å². The summed E-state index contributed by atoms with van der Waals surface area (Å²) in [6.07, 6.45) is 8.18. The third kappa shape index (κ3) is 4.28. The largest absolute Gasteiger partial charge is 0.384 e. The molecule has 2 saturated heterocycles. The van der Waals surface area contributed by atoms with Gasteiger partial charge in [0.05, 0.1) is 26.4 Å². The van der Waals surface area contributed by atoms with E-state index in [1.54, 1.807) is 6.33 Å². The molecule has 0 amide bonds. The van der Waals surface area contributed by atoms with Gasteiger partial charge in [-0.15, -0.1) is 0 Å². The van der Waals surface area contributed by atoms with Crippen LogP contribution in [0.2, 0.25) is 0 Å². The fraction of sp³-hybridized carbons (Fsp3) is 0.778. The van der Waals surface area contributed by atoms with Crippen LogP contribution in [0.3, 0.4) is 0 Å². The van der Waals surface area contributed by atoms with E-state index in [1.165, 1.54) is 12.8 Å². The number of aromatic nitrogens is 2. The standard InChI is InChI=1S/C18H28N4O3/c23-18(12-24-9-10-25-13-18)11-21-7-4-16(5-8-21)22(15-1-2-15)17-3-6-19-14-20-17/h3,6,14-16,23H,1-2,4-5,7-13H2. The van der Waals surface area contributed by atoms with E-state index in [9.17, 15) is 5.11 Å². The van der Waals surface area contributed by atoms with E-state index < -0.39 is 5.60 Å². The van der Waals surface area contributed by atoms with Crippen molar-refractivity contribution >= 4 is 5.82 Å². The van der Waals surface area contributed by atoms with Gasteiger partial charge in [0, 0.05) is 37.9 Å². The highest BCUT2D eigenvalue weighted by atomic mass is 16.6. The topological polar surface area (TPSA) is 71.0 Å². The number of hydrogen-bond donors (Lipinski definition) is 1. The number of anilines is 1. The Morgan fingerprint density at radius 2 is 1.80 bits per heavy atom. The molecular formula is C18H28N4O3. The molecule has 25 heavy (non-hydrogen) atoms. The Kier molecular flexibility index (Phi) is 5.17. The Balaban J connectivity index is 1.34. The van der Waals surface area contributed by atoms with Gasteiger partial charge < -0.3 is 24.4 Å². The first-order valence-corrected chi connectivity index (χ1v) is 9.38. The Labute approximate surface area is 149 Å². The van der Waals surface area contributed by atoms with Crippen LogP contribution in [0.15, 0.2) is 18.6 Å². The lowest BCUT2D eigenvalue weighted by Gasteiger charge is -2.41. The van der Waals surface area contributed by atoms with Crippen molar-refractivity contribution in [2.24, 2.45) is 0 Å². The lowest BCUT2D eigenvalue weighted by molar-refractivity contribution is -0.0767. The molecule has 3 heterocycles. The van der Waals surface area contributed by atoms with Crippen molar-refractivity contribution in [1.29, 1.82) is 0 Å². The molecule has 0 bridgehead atoms. The predicted octanol–water partition coefficient (Wildman–Crippen LogP) is 0.688. The molecule has 0 radical (unpaired) electrons. The highest BCUT2D eigenvalue weighted by Gasteiger charge is 2.38. The number of rotatable bonds is 5. The lowest BCUT2D eigenvalue weighted by atomic mass is 9.99. The van der Waals surface area contributed by atoms with Gasteiger partial charge in [-0.05, 0) is 31.7 Å². The molecule has 0 unspecified atom stereocenters. The first-order chi connectivity index (χ1) is 12.2. The van der Waals surface area contributed by atoms with Crippen LogP contribution >= 0.6 is 0 Å². The van der Waals surface area contributed by atoms with E-state index >= 15 is 0 Å². The van der Waals surface area contributed by atoms with Crippen molar-refractivity contribution in [2.75, 3.05) is 51.0 Å². The van der Waals surface area contributed by atoms with Gasteiger partial charge in [-0.1, -0.05) is 0 Å². The molecule has 1 aromatic rings. The van der Waals surface area contributed by atoms with E-state index in [1.807, 2.05) is 12.3 Å². The maximum absolute atomic E-state index is 10.7. The van der Waals surface area contributed by atoms with E-state index in [4.69, 9.17) is 9.47 Å². The molecule has 1 N–H and O–H groups in total. The van der Waals surface area contributed by atoms with Crippen molar-refractivity contribution in [3.05, 3.63) is 18.6 Å². The molecule has 3 aliphatic rings. The highest BCUT2D eigenvalue weighted by Crippen LogP contribution is 2.35. The zero-order chi connectivity index (χ0) is 17.1. The van der Waals surface area contributed by atoms with Crippen LogP contribution in [0.4, 0.5) is 5.82 Å². The van der Waals surface area contributed by atoms with Gasteiger partial charge in [-0.3, -0.25) is 0 Å². The van der Waals surface area contributed by atoms with E-state index in [2.05, 4.69) is 19.8 Å². The number of likely N-dealkylation sites (tertiary alicyclic amines) is 1. The third-order valence-electron chi connectivity index (χ3n) is 5.35. The molecule has 0 spiro atoms. The summed E-state index contributed by atoms with van der Waals surface area (Å²) >= 11 is 0. The fourth-order valence-electron chi connectivity index (χ4n) is 4.01. The summed E-state index contributed by atoms with van der Waals surface area (Å²) in [7, 11) is 0. The molecule has 7 nitrogen and oxygen atoms in total. The number of aliphatic hydroxyl groups is 1. The number of hydrogen-bond acceptors (Lipinski definition) is 7. The van der Waals surface area contributed by atoms with Crippen LogP contribution in [-0.4, -0.2) is 83.7 Å². The van der Waals surface area contributed by atoms with Crippen molar-refractivity contribution in [2.45, 2.75) is 43.4 Å². The van der Waals surface area contributed by atoms with E-state index in [-0.39, 0.29) is 0 Å². The lowest BCUT2D eigenvalue weighted by Crippen LogP contribution is -2.53. The Morgan fingerprint density at radius 3 is 2.40 bits per heavy atom. The van der Waals surface area contributed by atoms with Crippen LogP contribution in [0.25, 0.3) is 0 Å². The van der Waals surface area contributed by atoms with Gasteiger partial charge in [-0.25, -0.2) is 9.97 Å². The molecule has 138 valence electrons. The monoisotopic (exact) mass is 348 g/mol. The summed E-state index contributed by atoms with van der Waals surface area (Å²) < 4.78 is 11.0. The molecule has 3 fully saturated rings. The maximum atomic E-state index is 10.7. The highest BCUT2D eigenvalue weighted by molar-refractivity contribution is 5.41. The second-order valence-electron chi connectivity index (χ2n) is 7.54. The molecule has 1 aliphatic carbocycles. The predicted molar refractivity (Wildman–Crippen MR) is 93.6 cm³/mol. The quantitative estimate of drug-likeness (QED) is 0.839. The molecule has 0 atom stereocenters. The minimum atomic E-state index is -0.883. The van der Waals surface area contributed by atoms with Crippen LogP contribution < -0.4 is 4.90 Å². The number of nitrogens with zero attached hydrogens (tertiary/aromatic N) is 4. The maximum Gasteiger partial charge on any atom is 0.132 e. The van der Waals surface area contributed by atoms with Crippen molar-refractivity contribution in [1.82, 2.24) is 14.9 Å². The number of piperidine rings is 1. The second-order valence-corrected chi connectivity index (χ2v) is 7.54. The van der Waals surface area contributed by atoms with Crippen molar-refractivity contribution in [3.63, 3.8) is 0 Å². The van der Waals surface area contributed by atoms with Crippen LogP contribution in [0, 0.1) is 0 Å². The Hall–Kier alpha value is -1.28. The van der Waals surface area contributed by atoms with Gasteiger partial charge in [0.15, 0.2) is 0 Å². The Bertz CT molecular complexity index is 539. The summed E-state index contributed by atoms with van der Waals surface area (Å²) in [6.45, 7) is 4.46. The SMILES string of the molecule is OC1(CN2CCC(N(c3ccncn3)C3CC3)CC2)COCCOC1. The average Bonchev–Trinajstić information content (AvgIpc) is 3.47. The van der Waals surface area contributed by atoms with Gasteiger partial charge >= 0.3 is 0 Å². The van der Waals surface area contributed by atoms with Gasteiger partial charge in [0.1, 0.15) is 17.7 Å². The average molecular weight is 348 g/mol. The third-order valence-corrected chi connectivity index (χ3v) is 5.35. The van der Waals surface area contributed by atoms with Crippen LogP contribution in [0.5, 0.6) is 0 Å². The van der Waals surface area contributed by atoms with Gasteiger partial charge in [-0.2, -0.15) is 0 Å². The summed E-state index contributed by atoms with van der Waals surface area (Å²) in [4.78, 5) is 13.4. The summed E-state index contributed by atoms with van der Waals surface area (Å²) in [6, 6.07) is 3.18. The van der Waals surface area contributed by atoms with Crippen molar-refractivity contribution < 1.29 is 14.6 Å². The zero-order valence-electron chi connectivity index (χ0n) is 14.7. The molecular weight excluding hydrogens is 320 g/mol. The minimum Gasteiger partial charge on any atom is -0.384 e. The van der Waals surface area contributed by atoms with Crippen LogP contribution in [-0.2, 0) is 9.47 Å². The van der Waals surface area contributed by atoms with E-state index in [0.29, 0.717) is 45.1 Å². The summed E-state index contributed by atoms with van der Waals surface area (Å²) in [5.74, 6) is 1.06.